The lowest BCUT2D eigenvalue weighted by atomic mass is 10.0. The van der Waals surface area contributed by atoms with E-state index < -0.39 is 0 Å². The lowest BCUT2D eigenvalue weighted by Crippen LogP contribution is -2.18. The number of rotatable bonds is 5. The van der Waals surface area contributed by atoms with Crippen LogP contribution in [0.3, 0.4) is 0 Å². The van der Waals surface area contributed by atoms with Crippen LogP contribution in [0.15, 0.2) is 17.5 Å². The van der Waals surface area contributed by atoms with Crippen molar-refractivity contribution in [3.63, 3.8) is 0 Å². The molecule has 0 spiro atoms. The Morgan fingerprint density at radius 1 is 1.24 bits per heavy atom. The number of aryl methyl sites for hydroxylation is 1. The number of hydrogen-bond donors (Lipinski definition) is 1. The molecule has 2 rings (SSSR count). The summed E-state index contributed by atoms with van der Waals surface area (Å²) in [4.78, 5) is 0.878. The summed E-state index contributed by atoms with van der Waals surface area (Å²) in [5, 5.41) is 5.73. The van der Waals surface area contributed by atoms with Crippen molar-refractivity contribution >= 4 is 22.9 Å². The highest BCUT2D eigenvalue weighted by molar-refractivity contribution is 7.10. The van der Waals surface area contributed by atoms with Crippen LogP contribution in [0.1, 0.15) is 22.0 Å². The van der Waals surface area contributed by atoms with Crippen molar-refractivity contribution in [3.8, 4) is 11.5 Å². The van der Waals surface area contributed by atoms with Crippen molar-refractivity contribution in [2.75, 3.05) is 21.3 Å². The second-order valence-corrected chi connectivity index (χ2v) is 5.84. The summed E-state index contributed by atoms with van der Waals surface area (Å²) in [6.45, 7) is 1.93. The van der Waals surface area contributed by atoms with Gasteiger partial charge in [0.2, 0.25) is 0 Å². The largest absolute Gasteiger partial charge is 0.493 e. The van der Waals surface area contributed by atoms with Crippen LogP contribution in [0.25, 0.3) is 0 Å². The third-order valence-electron chi connectivity index (χ3n) is 3.29. The van der Waals surface area contributed by atoms with Gasteiger partial charge in [-0.1, -0.05) is 11.6 Å². The van der Waals surface area contributed by atoms with Gasteiger partial charge < -0.3 is 14.8 Å². The van der Waals surface area contributed by atoms with E-state index in [4.69, 9.17) is 21.1 Å². The second-order valence-electron chi connectivity index (χ2n) is 4.55. The molecule has 1 heterocycles. The number of ether oxygens (including phenoxy) is 2. The van der Waals surface area contributed by atoms with E-state index in [1.807, 2.05) is 12.3 Å². The molecule has 0 amide bonds. The zero-order valence-corrected chi connectivity index (χ0v) is 13.9. The maximum Gasteiger partial charge on any atom is 0.163 e. The van der Waals surface area contributed by atoms with Crippen molar-refractivity contribution in [1.82, 2.24) is 5.32 Å². The number of methoxy groups -OCH3 is 2. The van der Waals surface area contributed by atoms with Gasteiger partial charge in [0, 0.05) is 16.5 Å². The minimum Gasteiger partial charge on any atom is -0.493 e. The fraction of sp³-hybridized carbons (Fsp3) is 0.333. The molecule has 0 aliphatic carbocycles. The minimum absolute atomic E-state index is 0.337. The molecule has 3 nitrogen and oxygen atoms in total. The molecule has 0 saturated heterocycles. The first kappa shape index (κ1) is 16.1. The molecule has 0 aliphatic heterocycles. The monoisotopic (exact) mass is 329 g/mol. The van der Waals surface area contributed by atoms with Crippen molar-refractivity contribution in [1.29, 1.82) is 0 Å². The van der Waals surface area contributed by atoms with Gasteiger partial charge in [0.05, 0.1) is 25.3 Å². The van der Waals surface area contributed by atoms with Gasteiger partial charge in [-0.05, 0) is 31.0 Å². The number of halogens is 2. The highest BCUT2D eigenvalue weighted by Gasteiger charge is 2.23. The third kappa shape index (κ3) is 3.00. The van der Waals surface area contributed by atoms with Crippen molar-refractivity contribution in [3.05, 3.63) is 44.4 Å². The Bertz CT molecular complexity index is 645. The first-order valence-corrected chi connectivity index (χ1v) is 7.61. The van der Waals surface area contributed by atoms with E-state index in [-0.39, 0.29) is 11.9 Å². The summed E-state index contributed by atoms with van der Waals surface area (Å²) in [6, 6.07) is 2.63. The van der Waals surface area contributed by atoms with E-state index in [1.165, 1.54) is 31.6 Å². The van der Waals surface area contributed by atoms with Crippen molar-refractivity contribution in [2.24, 2.45) is 0 Å². The number of benzene rings is 1. The van der Waals surface area contributed by atoms with Gasteiger partial charge >= 0.3 is 0 Å². The fourth-order valence-corrected chi connectivity index (χ4v) is 3.59. The lowest BCUT2D eigenvalue weighted by molar-refractivity contribution is 0.351. The summed E-state index contributed by atoms with van der Waals surface area (Å²) in [6.07, 6.45) is 0. The topological polar surface area (TPSA) is 30.5 Å². The highest BCUT2D eigenvalue weighted by atomic mass is 35.5. The molecule has 1 aromatic heterocycles. The molecule has 1 atom stereocenters. The number of thiophene rings is 1. The number of nitrogens with one attached hydrogen (secondary N) is 1. The summed E-state index contributed by atoms with van der Waals surface area (Å²) in [5.41, 5.74) is 1.46. The van der Waals surface area contributed by atoms with E-state index in [1.54, 1.807) is 13.1 Å². The zero-order valence-electron chi connectivity index (χ0n) is 12.3. The molecule has 114 valence electrons. The SMILES string of the molecule is CNC(c1cc(OC)c(OC)cc1F)c1scc(C)c1Cl. The van der Waals surface area contributed by atoms with E-state index in [0.717, 1.165) is 10.4 Å². The Morgan fingerprint density at radius 3 is 2.33 bits per heavy atom. The minimum atomic E-state index is -0.367. The van der Waals surface area contributed by atoms with Gasteiger partial charge in [-0.3, -0.25) is 0 Å². The molecular weight excluding hydrogens is 313 g/mol. The van der Waals surface area contributed by atoms with Gasteiger partial charge in [0.1, 0.15) is 5.82 Å². The Kier molecular flexibility index (Phi) is 5.08. The maximum atomic E-state index is 14.4. The van der Waals surface area contributed by atoms with Crippen molar-refractivity contribution < 1.29 is 13.9 Å². The van der Waals surface area contributed by atoms with Crippen molar-refractivity contribution in [2.45, 2.75) is 13.0 Å². The van der Waals surface area contributed by atoms with Crippen LogP contribution in [0.2, 0.25) is 5.02 Å². The van der Waals surface area contributed by atoms with E-state index in [2.05, 4.69) is 5.32 Å². The average molecular weight is 330 g/mol. The van der Waals surface area contributed by atoms with Crippen LogP contribution >= 0.6 is 22.9 Å². The summed E-state index contributed by atoms with van der Waals surface area (Å²) in [5.74, 6) is 0.481. The standard InChI is InChI=1S/C15H17ClFNO2S/c1-8-7-21-15(13(8)16)14(18-2)9-5-11(19-3)12(20-4)6-10(9)17/h5-7,14,18H,1-4H3. The molecule has 0 aliphatic rings. The predicted molar refractivity (Wildman–Crippen MR) is 84.5 cm³/mol. The quantitative estimate of drug-likeness (QED) is 0.892. The molecule has 0 bridgehead atoms. The molecule has 1 N–H and O–H groups in total. The lowest BCUT2D eigenvalue weighted by Gasteiger charge is -2.19. The van der Waals surface area contributed by atoms with Gasteiger partial charge in [-0.15, -0.1) is 11.3 Å². The van der Waals surface area contributed by atoms with Gasteiger partial charge in [0.15, 0.2) is 11.5 Å². The molecule has 2 aromatic rings. The van der Waals surface area contributed by atoms with Crippen LogP contribution in [0.5, 0.6) is 11.5 Å². The van der Waals surface area contributed by atoms with Crippen LogP contribution in [0, 0.1) is 12.7 Å². The highest BCUT2D eigenvalue weighted by Crippen LogP contribution is 2.39. The third-order valence-corrected chi connectivity index (χ3v) is 5.07. The Balaban J connectivity index is 2.55. The molecule has 0 radical (unpaired) electrons. The second kappa shape index (κ2) is 6.64. The smallest absolute Gasteiger partial charge is 0.163 e. The Hall–Kier alpha value is -1.30. The molecule has 1 unspecified atom stereocenters. The molecule has 0 fully saturated rings. The van der Waals surface area contributed by atoms with E-state index >= 15 is 0 Å². The van der Waals surface area contributed by atoms with Crippen LogP contribution in [-0.4, -0.2) is 21.3 Å². The Morgan fingerprint density at radius 2 is 1.86 bits per heavy atom. The van der Waals surface area contributed by atoms with E-state index in [9.17, 15) is 4.39 Å². The Labute approximate surface area is 132 Å². The fourth-order valence-electron chi connectivity index (χ4n) is 2.16. The first-order chi connectivity index (χ1) is 10.0. The molecule has 21 heavy (non-hydrogen) atoms. The predicted octanol–water partition coefficient (Wildman–Crippen LogP) is 4.18. The normalized spacial score (nSPS) is 12.3. The van der Waals surface area contributed by atoms with Crippen LogP contribution in [-0.2, 0) is 0 Å². The zero-order chi connectivity index (χ0) is 15.6. The van der Waals surface area contributed by atoms with Gasteiger partial charge in [-0.25, -0.2) is 4.39 Å². The average Bonchev–Trinajstić information content (AvgIpc) is 2.81. The molecule has 0 saturated carbocycles. The number of hydrogen-bond acceptors (Lipinski definition) is 4. The summed E-state index contributed by atoms with van der Waals surface area (Å²) < 4.78 is 24.8. The van der Waals surface area contributed by atoms with Crippen LogP contribution in [0.4, 0.5) is 4.39 Å². The molecular formula is C15H17ClFNO2S. The summed E-state index contributed by atoms with van der Waals surface area (Å²) >= 11 is 7.81. The molecule has 6 heteroatoms. The summed E-state index contributed by atoms with van der Waals surface area (Å²) in [7, 11) is 4.77. The van der Waals surface area contributed by atoms with Gasteiger partial charge in [0.25, 0.3) is 0 Å². The van der Waals surface area contributed by atoms with Gasteiger partial charge in [-0.2, -0.15) is 0 Å². The van der Waals surface area contributed by atoms with Crippen LogP contribution < -0.4 is 14.8 Å². The maximum absolute atomic E-state index is 14.4. The van der Waals surface area contributed by atoms with E-state index in [0.29, 0.717) is 22.1 Å². The molecule has 1 aromatic carbocycles. The first-order valence-electron chi connectivity index (χ1n) is 6.35.